The molecule has 22 heavy (non-hydrogen) atoms. The average molecular weight is 329 g/mol. The first-order valence-corrected chi connectivity index (χ1v) is 6.89. The normalized spacial score (nSPS) is 11.5. The van der Waals surface area contributed by atoms with Gasteiger partial charge < -0.3 is 11.1 Å². The Balaban J connectivity index is 2.21. The number of para-hydroxylation sites is 1. The predicted octanol–water partition coefficient (Wildman–Crippen LogP) is 2.16. The third-order valence-electron chi connectivity index (χ3n) is 3.14. The maximum Gasteiger partial charge on any atom is 0.277 e. The van der Waals surface area contributed by atoms with Gasteiger partial charge in [0.2, 0.25) is 0 Å². The van der Waals surface area contributed by atoms with E-state index < -0.39 is 24.9 Å². The van der Waals surface area contributed by atoms with E-state index in [-0.39, 0.29) is 5.56 Å². The van der Waals surface area contributed by atoms with Crippen LogP contribution in [-0.2, 0) is 0 Å². The van der Waals surface area contributed by atoms with Crippen molar-refractivity contribution in [3.05, 3.63) is 46.7 Å². The molecule has 0 saturated heterocycles. The van der Waals surface area contributed by atoms with Crippen LogP contribution in [0.15, 0.2) is 30.5 Å². The van der Waals surface area contributed by atoms with Crippen molar-refractivity contribution >= 4 is 17.5 Å². The Hall–Kier alpha value is -1.99. The molecule has 1 aromatic carbocycles. The van der Waals surface area contributed by atoms with E-state index in [4.69, 9.17) is 17.3 Å². The number of rotatable bonds is 5. The van der Waals surface area contributed by atoms with Gasteiger partial charge in [0.1, 0.15) is 0 Å². The van der Waals surface area contributed by atoms with Gasteiger partial charge >= 0.3 is 0 Å². The molecule has 0 unspecified atom stereocenters. The van der Waals surface area contributed by atoms with Gasteiger partial charge in [0.15, 0.2) is 0 Å². The highest BCUT2D eigenvalue weighted by Gasteiger charge is 2.28. The maximum absolute atomic E-state index is 13.1. The highest BCUT2D eigenvalue weighted by atomic mass is 35.5. The molecule has 0 fully saturated rings. The summed E-state index contributed by atoms with van der Waals surface area (Å²) in [6.45, 7) is 0.0104. The van der Waals surface area contributed by atoms with Crippen molar-refractivity contribution in [2.24, 2.45) is 5.73 Å². The minimum atomic E-state index is -3.14. The Bertz CT molecular complexity index is 687. The summed E-state index contributed by atoms with van der Waals surface area (Å²) < 4.78 is 27.6. The monoisotopic (exact) mass is 328 g/mol. The topological polar surface area (TPSA) is 72.9 Å². The summed E-state index contributed by atoms with van der Waals surface area (Å²) >= 11 is 6.08. The second-order valence-corrected chi connectivity index (χ2v) is 5.16. The molecule has 0 aliphatic heterocycles. The smallest absolute Gasteiger partial charge is 0.277 e. The fraction of sp³-hybridized carbons (Fsp3) is 0.286. The molecule has 0 radical (unpaired) electrons. The first kappa shape index (κ1) is 16.4. The Kier molecular flexibility index (Phi) is 4.77. The number of alkyl halides is 2. The van der Waals surface area contributed by atoms with Crippen LogP contribution in [0, 0.1) is 6.92 Å². The third-order valence-corrected chi connectivity index (χ3v) is 3.46. The van der Waals surface area contributed by atoms with Crippen molar-refractivity contribution < 1.29 is 13.6 Å². The zero-order valence-corrected chi connectivity index (χ0v) is 12.6. The van der Waals surface area contributed by atoms with Gasteiger partial charge in [-0.3, -0.25) is 4.79 Å². The zero-order chi connectivity index (χ0) is 16.3. The largest absolute Gasteiger partial charge is 0.346 e. The van der Waals surface area contributed by atoms with E-state index in [1.807, 2.05) is 0 Å². The van der Waals surface area contributed by atoms with E-state index in [0.717, 1.165) is 0 Å². The van der Waals surface area contributed by atoms with Crippen LogP contribution in [-0.4, -0.2) is 34.7 Å². The van der Waals surface area contributed by atoms with Crippen molar-refractivity contribution in [2.75, 3.05) is 13.1 Å². The van der Waals surface area contributed by atoms with E-state index in [1.165, 1.54) is 10.9 Å². The lowest BCUT2D eigenvalue weighted by atomic mass is 10.2. The van der Waals surface area contributed by atoms with Crippen LogP contribution in [0.3, 0.4) is 0 Å². The average Bonchev–Trinajstić information content (AvgIpc) is 2.87. The molecular weight excluding hydrogens is 314 g/mol. The summed E-state index contributed by atoms with van der Waals surface area (Å²) in [7, 11) is 0. The van der Waals surface area contributed by atoms with Crippen LogP contribution in [0.4, 0.5) is 8.78 Å². The molecule has 8 heteroatoms. The van der Waals surface area contributed by atoms with Gasteiger partial charge in [-0.1, -0.05) is 23.7 Å². The first-order chi connectivity index (χ1) is 10.4. The predicted molar refractivity (Wildman–Crippen MR) is 79.6 cm³/mol. The van der Waals surface area contributed by atoms with Gasteiger partial charge in [0.25, 0.3) is 11.8 Å². The molecular formula is C14H15ClF2N4O. The highest BCUT2D eigenvalue weighted by Crippen LogP contribution is 2.22. The fourth-order valence-electron chi connectivity index (χ4n) is 1.88. The van der Waals surface area contributed by atoms with Crippen molar-refractivity contribution in [2.45, 2.75) is 12.8 Å². The van der Waals surface area contributed by atoms with Gasteiger partial charge in [-0.25, -0.2) is 13.5 Å². The number of hydrogen-bond acceptors (Lipinski definition) is 3. The SMILES string of the molecule is Cc1c(C(=O)NCC(F)(F)CN)cnn1-c1ccccc1Cl. The summed E-state index contributed by atoms with van der Waals surface area (Å²) in [6.07, 6.45) is 1.31. The number of nitrogens with two attached hydrogens (primary N) is 1. The minimum Gasteiger partial charge on any atom is -0.346 e. The number of amides is 1. The lowest BCUT2D eigenvalue weighted by Gasteiger charge is -2.14. The van der Waals surface area contributed by atoms with Crippen LogP contribution < -0.4 is 11.1 Å². The second-order valence-electron chi connectivity index (χ2n) is 4.75. The summed E-state index contributed by atoms with van der Waals surface area (Å²) in [4.78, 5) is 12.0. The van der Waals surface area contributed by atoms with Crippen molar-refractivity contribution in [1.82, 2.24) is 15.1 Å². The Morgan fingerprint density at radius 2 is 2.14 bits per heavy atom. The van der Waals surface area contributed by atoms with E-state index in [9.17, 15) is 13.6 Å². The third kappa shape index (κ3) is 3.42. The first-order valence-electron chi connectivity index (χ1n) is 6.51. The molecule has 3 N–H and O–H groups in total. The minimum absolute atomic E-state index is 0.202. The molecule has 0 atom stereocenters. The molecule has 0 spiro atoms. The number of aromatic nitrogens is 2. The van der Waals surface area contributed by atoms with Crippen LogP contribution in [0.2, 0.25) is 5.02 Å². The van der Waals surface area contributed by atoms with Crippen molar-refractivity contribution in [1.29, 1.82) is 0 Å². The van der Waals surface area contributed by atoms with Crippen molar-refractivity contribution in [3.8, 4) is 5.69 Å². The molecule has 118 valence electrons. The van der Waals surface area contributed by atoms with E-state index in [2.05, 4.69) is 10.4 Å². The molecule has 5 nitrogen and oxygen atoms in total. The molecule has 0 saturated carbocycles. The number of nitrogens with one attached hydrogen (secondary N) is 1. The van der Waals surface area contributed by atoms with Gasteiger partial charge in [-0.2, -0.15) is 5.10 Å². The number of carbonyl (C=O) groups is 1. The fourth-order valence-corrected chi connectivity index (χ4v) is 2.09. The number of nitrogens with zero attached hydrogens (tertiary/aromatic N) is 2. The maximum atomic E-state index is 13.1. The summed E-state index contributed by atoms with van der Waals surface area (Å²) in [5.41, 5.74) is 6.23. The summed E-state index contributed by atoms with van der Waals surface area (Å²) in [5, 5.41) is 6.71. The number of hydrogen-bond donors (Lipinski definition) is 2. The standard InChI is InChI=1S/C14H15ClF2N4O/c1-9-10(13(22)19-8-14(16,17)7-18)6-20-21(9)12-5-3-2-4-11(12)15/h2-6H,7-8,18H2,1H3,(H,19,22). The van der Waals surface area contributed by atoms with Crippen LogP contribution in [0.25, 0.3) is 5.69 Å². The van der Waals surface area contributed by atoms with Crippen LogP contribution in [0.1, 0.15) is 16.1 Å². The molecule has 2 aromatic rings. The summed E-state index contributed by atoms with van der Waals surface area (Å²) in [6, 6.07) is 6.99. The Morgan fingerprint density at radius 1 is 1.45 bits per heavy atom. The van der Waals surface area contributed by atoms with E-state index in [1.54, 1.807) is 31.2 Å². The lowest BCUT2D eigenvalue weighted by Crippen LogP contribution is -2.41. The quantitative estimate of drug-likeness (QED) is 0.883. The van der Waals surface area contributed by atoms with Gasteiger partial charge in [-0.05, 0) is 19.1 Å². The molecule has 2 rings (SSSR count). The van der Waals surface area contributed by atoms with Gasteiger partial charge in [-0.15, -0.1) is 0 Å². The second kappa shape index (κ2) is 6.41. The number of benzene rings is 1. The molecule has 1 heterocycles. The number of halogens is 3. The van der Waals surface area contributed by atoms with Gasteiger partial charge in [0.05, 0.1) is 41.3 Å². The molecule has 0 aliphatic rings. The zero-order valence-electron chi connectivity index (χ0n) is 11.8. The Morgan fingerprint density at radius 3 is 2.77 bits per heavy atom. The molecule has 0 bridgehead atoms. The summed E-state index contributed by atoms with van der Waals surface area (Å²) in [5.74, 6) is -3.77. The number of carbonyl (C=O) groups excluding carboxylic acids is 1. The molecule has 1 amide bonds. The molecule has 1 aromatic heterocycles. The van der Waals surface area contributed by atoms with E-state index >= 15 is 0 Å². The van der Waals surface area contributed by atoms with Crippen LogP contribution >= 0.6 is 11.6 Å². The van der Waals surface area contributed by atoms with Gasteiger partial charge in [0, 0.05) is 0 Å². The highest BCUT2D eigenvalue weighted by molar-refractivity contribution is 6.32. The molecule has 0 aliphatic carbocycles. The van der Waals surface area contributed by atoms with E-state index in [0.29, 0.717) is 16.4 Å². The Labute approximate surface area is 131 Å². The van der Waals surface area contributed by atoms with Crippen molar-refractivity contribution in [3.63, 3.8) is 0 Å². The lowest BCUT2D eigenvalue weighted by molar-refractivity contribution is 0.0118. The van der Waals surface area contributed by atoms with Crippen LogP contribution in [0.5, 0.6) is 0 Å².